The molecule has 0 saturated heterocycles. The first-order valence-corrected chi connectivity index (χ1v) is 11.2. The number of hydrogen-bond acceptors (Lipinski definition) is 4. The maximum atomic E-state index is 12.7. The van der Waals surface area contributed by atoms with Crippen LogP contribution in [0.1, 0.15) is 55.1 Å². The van der Waals surface area contributed by atoms with Crippen molar-refractivity contribution < 1.29 is 18.0 Å². The highest BCUT2D eigenvalue weighted by Gasteiger charge is 2.30. The number of thioether (sulfide) groups is 1. The Balaban J connectivity index is 1.49. The monoisotopic (exact) mass is 438 g/mol. The van der Waals surface area contributed by atoms with Crippen LogP contribution in [0.2, 0.25) is 0 Å². The Kier molecular flexibility index (Phi) is 7.58. The fourth-order valence-corrected chi connectivity index (χ4v) is 4.23. The second-order valence-electron chi connectivity index (χ2n) is 7.26. The largest absolute Gasteiger partial charge is 0.416 e. The molecule has 30 heavy (non-hydrogen) atoms. The van der Waals surface area contributed by atoms with Crippen LogP contribution in [0.25, 0.3) is 6.08 Å². The number of carbonyl (C=O) groups excluding carboxylic acids is 1. The van der Waals surface area contributed by atoms with Gasteiger partial charge in [0.25, 0.3) is 0 Å². The third kappa shape index (κ3) is 5.87. The summed E-state index contributed by atoms with van der Waals surface area (Å²) >= 11 is 1.59. The lowest BCUT2D eigenvalue weighted by molar-refractivity contribution is -0.137. The van der Waals surface area contributed by atoms with E-state index < -0.39 is 11.7 Å². The molecule has 3 rings (SSSR count). The molecule has 1 N–H and O–H groups in total. The van der Waals surface area contributed by atoms with Gasteiger partial charge in [0.15, 0.2) is 5.16 Å². The van der Waals surface area contributed by atoms with Crippen molar-refractivity contribution in [3.8, 4) is 0 Å². The predicted molar refractivity (Wildman–Crippen MR) is 111 cm³/mol. The average molecular weight is 439 g/mol. The Morgan fingerprint density at radius 1 is 1.30 bits per heavy atom. The molecule has 9 heteroatoms. The number of alkyl halides is 3. The van der Waals surface area contributed by atoms with E-state index in [1.807, 2.05) is 6.26 Å². The molecule has 1 amide bonds. The average Bonchev–Trinajstić information content (AvgIpc) is 3.38. The number of rotatable bonds is 8. The van der Waals surface area contributed by atoms with Crippen molar-refractivity contribution in [3.05, 3.63) is 47.3 Å². The molecule has 0 atom stereocenters. The molecule has 5 nitrogen and oxygen atoms in total. The molecular formula is C21H25F3N4OS. The summed E-state index contributed by atoms with van der Waals surface area (Å²) in [4.78, 5) is 12.0. The van der Waals surface area contributed by atoms with E-state index >= 15 is 0 Å². The summed E-state index contributed by atoms with van der Waals surface area (Å²) in [5, 5.41) is 12.3. The first-order valence-electron chi connectivity index (χ1n) is 9.99. The highest BCUT2D eigenvalue weighted by atomic mass is 32.2. The standard InChI is InChI=1S/C21H25F3N4OS/c1-30-20-27-26-18(28(20)17-8-2-3-9-17)10-5-13-25-19(29)12-11-15-6-4-7-16(14-15)21(22,23)24/h4,6-7,11-12,14,17H,2-3,5,8-10,13H2,1H3,(H,25,29). The number of nitrogens with zero attached hydrogens (tertiary/aromatic N) is 3. The van der Waals surface area contributed by atoms with Crippen molar-refractivity contribution >= 4 is 23.7 Å². The Morgan fingerprint density at radius 3 is 2.77 bits per heavy atom. The molecule has 1 aliphatic rings. The lowest BCUT2D eigenvalue weighted by Crippen LogP contribution is -2.23. The van der Waals surface area contributed by atoms with Crippen molar-refractivity contribution in [2.24, 2.45) is 0 Å². The van der Waals surface area contributed by atoms with Crippen molar-refractivity contribution in [1.29, 1.82) is 0 Å². The highest BCUT2D eigenvalue weighted by Crippen LogP contribution is 2.33. The van der Waals surface area contributed by atoms with Gasteiger partial charge in [-0.2, -0.15) is 13.2 Å². The number of nitrogens with one attached hydrogen (secondary N) is 1. The van der Waals surface area contributed by atoms with E-state index in [-0.39, 0.29) is 5.91 Å². The third-order valence-electron chi connectivity index (χ3n) is 5.13. The van der Waals surface area contributed by atoms with Crippen LogP contribution in [0.3, 0.4) is 0 Å². The summed E-state index contributed by atoms with van der Waals surface area (Å²) in [5.74, 6) is 0.606. The van der Waals surface area contributed by atoms with Gasteiger partial charge in [0.2, 0.25) is 5.91 Å². The van der Waals surface area contributed by atoms with Crippen molar-refractivity contribution in [3.63, 3.8) is 0 Å². The molecule has 1 aliphatic carbocycles. The van der Waals surface area contributed by atoms with Gasteiger partial charge in [-0.3, -0.25) is 4.79 Å². The normalized spacial score (nSPS) is 15.2. The molecule has 0 aliphatic heterocycles. The third-order valence-corrected chi connectivity index (χ3v) is 5.77. The molecule has 2 aromatic rings. The van der Waals surface area contributed by atoms with Crippen LogP contribution < -0.4 is 5.32 Å². The first kappa shape index (κ1) is 22.4. The number of amides is 1. The molecule has 0 radical (unpaired) electrons. The number of carbonyl (C=O) groups is 1. The van der Waals surface area contributed by atoms with Crippen LogP contribution in [0.5, 0.6) is 0 Å². The smallest absolute Gasteiger partial charge is 0.353 e. The van der Waals surface area contributed by atoms with Crippen molar-refractivity contribution in [2.45, 2.75) is 55.9 Å². The van der Waals surface area contributed by atoms with Crippen molar-refractivity contribution in [1.82, 2.24) is 20.1 Å². The first-order chi connectivity index (χ1) is 14.4. The van der Waals surface area contributed by atoms with Gasteiger partial charge in [-0.25, -0.2) is 0 Å². The Labute approximate surface area is 178 Å². The SMILES string of the molecule is CSc1nnc(CCCNC(=O)C=Cc2cccc(C(F)(F)F)c2)n1C1CCCC1. The molecule has 0 unspecified atom stereocenters. The summed E-state index contributed by atoms with van der Waals surface area (Å²) in [7, 11) is 0. The number of halogens is 3. The zero-order valence-electron chi connectivity index (χ0n) is 16.8. The van der Waals surface area contributed by atoms with E-state index in [0.717, 1.165) is 36.0 Å². The summed E-state index contributed by atoms with van der Waals surface area (Å²) < 4.78 is 40.5. The number of aromatic nitrogens is 3. The van der Waals surface area contributed by atoms with E-state index in [1.54, 1.807) is 11.8 Å². The van der Waals surface area contributed by atoms with E-state index in [4.69, 9.17) is 0 Å². The maximum Gasteiger partial charge on any atom is 0.416 e. The lowest BCUT2D eigenvalue weighted by Gasteiger charge is -2.16. The molecule has 0 spiro atoms. The van der Waals surface area contributed by atoms with Crippen LogP contribution >= 0.6 is 11.8 Å². The van der Waals surface area contributed by atoms with Gasteiger partial charge >= 0.3 is 6.18 Å². The fourth-order valence-electron chi connectivity index (χ4n) is 3.65. The quantitative estimate of drug-likeness (QED) is 0.362. The summed E-state index contributed by atoms with van der Waals surface area (Å²) in [6, 6.07) is 5.33. The van der Waals surface area contributed by atoms with Gasteiger partial charge in [-0.15, -0.1) is 10.2 Å². The number of aryl methyl sites for hydroxylation is 1. The summed E-state index contributed by atoms with van der Waals surface area (Å²) in [6.45, 7) is 0.456. The molecule has 1 fully saturated rings. The molecule has 0 bridgehead atoms. The molecular weight excluding hydrogens is 413 g/mol. The topological polar surface area (TPSA) is 59.8 Å². The van der Waals surface area contributed by atoms with Gasteiger partial charge in [0, 0.05) is 25.1 Å². The van der Waals surface area contributed by atoms with Gasteiger partial charge in [-0.05, 0) is 49.3 Å². The van der Waals surface area contributed by atoms with Crippen molar-refractivity contribution in [2.75, 3.05) is 12.8 Å². The van der Waals surface area contributed by atoms with Gasteiger partial charge in [-0.1, -0.05) is 36.7 Å². The van der Waals surface area contributed by atoms with Crippen LogP contribution in [0, 0.1) is 0 Å². The number of hydrogen-bond donors (Lipinski definition) is 1. The second-order valence-corrected chi connectivity index (χ2v) is 8.04. The Hall–Kier alpha value is -2.29. The van der Waals surface area contributed by atoms with Crippen LogP contribution in [0.4, 0.5) is 13.2 Å². The molecule has 1 aromatic carbocycles. The Bertz CT molecular complexity index is 889. The number of benzene rings is 1. The highest BCUT2D eigenvalue weighted by molar-refractivity contribution is 7.98. The zero-order valence-corrected chi connectivity index (χ0v) is 17.6. The minimum Gasteiger partial charge on any atom is -0.353 e. The molecule has 1 aromatic heterocycles. The van der Waals surface area contributed by atoms with E-state index in [2.05, 4.69) is 20.1 Å². The van der Waals surface area contributed by atoms with Gasteiger partial charge in [0.05, 0.1) is 5.56 Å². The van der Waals surface area contributed by atoms with Crippen LogP contribution in [0.15, 0.2) is 35.5 Å². The lowest BCUT2D eigenvalue weighted by atomic mass is 10.1. The van der Waals surface area contributed by atoms with E-state index in [0.29, 0.717) is 31.0 Å². The molecule has 1 saturated carbocycles. The fraction of sp³-hybridized carbons (Fsp3) is 0.476. The van der Waals surface area contributed by atoms with Crippen LogP contribution in [-0.4, -0.2) is 33.5 Å². The second kappa shape index (κ2) is 10.1. The Morgan fingerprint density at radius 2 is 2.07 bits per heavy atom. The van der Waals surface area contributed by atoms with Gasteiger partial charge in [0.1, 0.15) is 5.82 Å². The maximum absolute atomic E-state index is 12.7. The zero-order chi connectivity index (χ0) is 21.6. The molecule has 1 heterocycles. The van der Waals surface area contributed by atoms with Gasteiger partial charge < -0.3 is 9.88 Å². The summed E-state index contributed by atoms with van der Waals surface area (Å²) in [6.07, 6.45) is 6.40. The minimum atomic E-state index is -4.40. The van der Waals surface area contributed by atoms with E-state index in [9.17, 15) is 18.0 Å². The summed E-state index contributed by atoms with van der Waals surface area (Å²) in [5.41, 5.74) is -0.407. The molecule has 162 valence electrons. The minimum absolute atomic E-state index is 0.328. The van der Waals surface area contributed by atoms with Crippen LogP contribution in [-0.2, 0) is 17.4 Å². The predicted octanol–water partition coefficient (Wildman–Crippen LogP) is 4.90. The van der Waals surface area contributed by atoms with E-state index in [1.165, 1.54) is 37.1 Å².